The molecule has 10 atom stereocenters. The van der Waals surface area contributed by atoms with Gasteiger partial charge in [-0.2, -0.15) is 0 Å². The fourth-order valence-corrected chi connectivity index (χ4v) is 6.03. The molecule has 3 aliphatic rings. The lowest BCUT2D eigenvalue weighted by Gasteiger charge is -2.30. The highest BCUT2D eigenvalue weighted by molar-refractivity contribution is 7.53. The van der Waals surface area contributed by atoms with E-state index in [0.29, 0.717) is 0 Å². The van der Waals surface area contributed by atoms with Crippen LogP contribution in [0.5, 0.6) is 0 Å². The third kappa shape index (κ3) is 4.47. The van der Waals surface area contributed by atoms with Gasteiger partial charge in [0.05, 0.1) is 25.4 Å². The first-order valence-electron chi connectivity index (χ1n) is 8.86. The summed E-state index contributed by atoms with van der Waals surface area (Å²) in [6.45, 7) is 8.48. The highest BCUT2D eigenvalue weighted by Crippen LogP contribution is 2.53. The van der Waals surface area contributed by atoms with Gasteiger partial charge in [-0.1, -0.05) is 13.8 Å². The molecule has 11 heteroatoms. The number of fused-ring (bicyclic) bond motifs is 2. The monoisotopic (exact) mass is 408 g/mol. The molecule has 0 aromatic heterocycles. The normalized spacial score (nSPS) is 56.2. The lowest BCUT2D eigenvalue weighted by Crippen LogP contribution is -2.35. The standard InChI is InChI=1S/C15H27BO8P2/c1-8-10(3)21-11-6-19-26(5,18)24-14-9(2)15(16)22-12(14)7-20-25(4,17)23-13(8)11/h8-15H,6-7H2,1-5H3/t8-,9+,10-,11+,12+,13-,14-,15+,25?,26?/m0/s1. The van der Waals surface area contributed by atoms with E-state index in [0.717, 1.165) is 0 Å². The van der Waals surface area contributed by atoms with E-state index in [1.807, 2.05) is 20.8 Å². The van der Waals surface area contributed by atoms with Crippen molar-refractivity contribution in [1.82, 2.24) is 0 Å². The van der Waals surface area contributed by atoms with Crippen LogP contribution in [0.3, 0.4) is 0 Å². The molecule has 0 N–H and O–H groups in total. The molecule has 0 bridgehead atoms. The second-order valence-corrected chi connectivity index (χ2v) is 11.5. The van der Waals surface area contributed by atoms with Crippen LogP contribution in [0.4, 0.5) is 0 Å². The molecular formula is C15H27BO8P2. The quantitative estimate of drug-likeness (QED) is 0.446. The summed E-state index contributed by atoms with van der Waals surface area (Å²) in [7, 11) is -0.827. The Balaban J connectivity index is 1.85. The molecule has 8 nitrogen and oxygen atoms in total. The molecule has 3 rings (SSSR count). The number of rotatable bonds is 0. The van der Waals surface area contributed by atoms with Gasteiger partial charge in [0.1, 0.15) is 26.2 Å². The Labute approximate surface area is 156 Å². The Hall–Kier alpha value is 0.285. The van der Waals surface area contributed by atoms with Crippen LogP contribution in [-0.4, -0.2) is 70.9 Å². The van der Waals surface area contributed by atoms with E-state index in [2.05, 4.69) is 0 Å². The Morgan fingerprint density at radius 1 is 0.808 bits per heavy atom. The molecule has 0 amide bonds. The predicted molar refractivity (Wildman–Crippen MR) is 95.8 cm³/mol. The Morgan fingerprint density at radius 3 is 1.81 bits per heavy atom. The van der Waals surface area contributed by atoms with E-state index < -0.39 is 45.6 Å². The van der Waals surface area contributed by atoms with Gasteiger partial charge in [-0.05, 0) is 6.92 Å². The van der Waals surface area contributed by atoms with Crippen molar-refractivity contribution in [2.45, 2.75) is 57.3 Å². The second-order valence-electron chi connectivity index (χ2n) is 7.51. The molecule has 148 valence electrons. The minimum atomic E-state index is -3.39. The molecule has 3 fully saturated rings. The fraction of sp³-hybridized carbons (Fsp3) is 1.00. The topological polar surface area (TPSA) is 89.5 Å². The van der Waals surface area contributed by atoms with Crippen LogP contribution in [0.2, 0.25) is 0 Å². The summed E-state index contributed by atoms with van der Waals surface area (Å²) in [5.74, 6) is -0.249. The summed E-state index contributed by atoms with van der Waals surface area (Å²) in [6, 6.07) is -0.598. The average Bonchev–Trinajstić information content (AvgIpc) is 2.95. The molecule has 2 unspecified atom stereocenters. The van der Waals surface area contributed by atoms with Gasteiger partial charge in [0, 0.05) is 31.2 Å². The van der Waals surface area contributed by atoms with Gasteiger partial charge in [-0.15, -0.1) is 0 Å². The molecule has 3 heterocycles. The zero-order chi connectivity index (χ0) is 19.3. The molecule has 26 heavy (non-hydrogen) atoms. The summed E-state index contributed by atoms with van der Waals surface area (Å²) in [4.78, 5) is 0. The van der Waals surface area contributed by atoms with Gasteiger partial charge >= 0.3 is 15.2 Å². The van der Waals surface area contributed by atoms with Crippen molar-refractivity contribution in [2.75, 3.05) is 26.5 Å². The van der Waals surface area contributed by atoms with Crippen LogP contribution in [0.1, 0.15) is 20.8 Å². The first-order chi connectivity index (χ1) is 12.0. The van der Waals surface area contributed by atoms with Gasteiger partial charge in [0.15, 0.2) is 0 Å². The molecule has 0 aromatic carbocycles. The maximum Gasteiger partial charge on any atom is 0.328 e. The minimum Gasteiger partial charge on any atom is -0.379 e. The van der Waals surface area contributed by atoms with Gasteiger partial charge in [0.25, 0.3) is 0 Å². The maximum absolute atomic E-state index is 12.8. The molecular weight excluding hydrogens is 381 g/mol. The van der Waals surface area contributed by atoms with E-state index in [1.165, 1.54) is 13.3 Å². The SMILES string of the molecule is [B][C@@H]1O[C@@H]2COP(C)(=O)O[C@H]3[C@@H](C)[C@H](C)O[C@@H]3COP(C)(=O)O[C@H]2[C@H]1C. The highest BCUT2D eigenvalue weighted by atomic mass is 31.2. The summed E-state index contributed by atoms with van der Waals surface area (Å²) in [5, 5.41) is 0. The van der Waals surface area contributed by atoms with Crippen LogP contribution in [0, 0.1) is 11.8 Å². The van der Waals surface area contributed by atoms with Crippen LogP contribution in [0.15, 0.2) is 0 Å². The van der Waals surface area contributed by atoms with E-state index >= 15 is 0 Å². The molecule has 0 aliphatic carbocycles. The van der Waals surface area contributed by atoms with Crippen LogP contribution < -0.4 is 0 Å². The van der Waals surface area contributed by atoms with E-state index in [4.69, 9.17) is 35.4 Å². The van der Waals surface area contributed by atoms with Crippen molar-refractivity contribution in [3.05, 3.63) is 0 Å². The second kappa shape index (κ2) is 7.60. The van der Waals surface area contributed by atoms with E-state index in [-0.39, 0.29) is 31.2 Å². The van der Waals surface area contributed by atoms with Crippen LogP contribution in [0.25, 0.3) is 0 Å². The molecule has 0 saturated carbocycles. The first-order valence-corrected chi connectivity index (χ1v) is 12.8. The van der Waals surface area contributed by atoms with Gasteiger partial charge in [-0.3, -0.25) is 9.13 Å². The smallest absolute Gasteiger partial charge is 0.328 e. The fourth-order valence-electron chi connectivity index (χ4n) is 3.53. The Bertz CT molecular complexity index is 566. The average molecular weight is 408 g/mol. The third-order valence-corrected chi connectivity index (χ3v) is 7.81. The summed E-state index contributed by atoms with van der Waals surface area (Å²) in [6.07, 6.45) is -2.33. The van der Waals surface area contributed by atoms with Gasteiger partial charge < -0.3 is 27.6 Å². The van der Waals surface area contributed by atoms with Gasteiger partial charge in [0.2, 0.25) is 0 Å². The molecule has 2 radical (unpaired) electrons. The highest BCUT2D eigenvalue weighted by Gasteiger charge is 2.48. The van der Waals surface area contributed by atoms with Crippen molar-refractivity contribution in [3.63, 3.8) is 0 Å². The zero-order valence-corrected chi connectivity index (χ0v) is 17.6. The van der Waals surface area contributed by atoms with Crippen molar-refractivity contribution >= 4 is 23.0 Å². The lowest BCUT2D eigenvalue weighted by atomic mass is 9.86. The van der Waals surface area contributed by atoms with Crippen molar-refractivity contribution in [1.29, 1.82) is 0 Å². The number of ether oxygens (including phenoxy) is 2. The minimum absolute atomic E-state index is 0.00576. The maximum atomic E-state index is 12.8. The van der Waals surface area contributed by atoms with Crippen LogP contribution in [-0.2, 0) is 36.7 Å². The summed E-state index contributed by atoms with van der Waals surface area (Å²) in [5.41, 5.74) is 0. The van der Waals surface area contributed by atoms with E-state index in [9.17, 15) is 9.13 Å². The Kier molecular flexibility index (Phi) is 6.14. The van der Waals surface area contributed by atoms with Crippen molar-refractivity contribution < 1.29 is 36.7 Å². The van der Waals surface area contributed by atoms with E-state index in [1.54, 1.807) is 0 Å². The Morgan fingerprint density at radius 2 is 1.27 bits per heavy atom. The molecule has 0 spiro atoms. The van der Waals surface area contributed by atoms with Crippen molar-refractivity contribution in [3.8, 4) is 0 Å². The largest absolute Gasteiger partial charge is 0.379 e. The van der Waals surface area contributed by atoms with Crippen molar-refractivity contribution in [2.24, 2.45) is 11.8 Å². The number of hydrogen-bond donors (Lipinski definition) is 0. The predicted octanol–water partition coefficient (Wildman–Crippen LogP) is 2.40. The van der Waals surface area contributed by atoms with Crippen LogP contribution >= 0.6 is 15.2 Å². The van der Waals surface area contributed by atoms with Gasteiger partial charge in [-0.25, -0.2) is 0 Å². The molecule has 0 aromatic rings. The lowest BCUT2D eigenvalue weighted by molar-refractivity contribution is -0.0316. The summed E-state index contributed by atoms with van der Waals surface area (Å²) < 4.78 is 59.8. The summed E-state index contributed by atoms with van der Waals surface area (Å²) >= 11 is 0. The zero-order valence-electron chi connectivity index (χ0n) is 15.8. The number of hydrogen-bond acceptors (Lipinski definition) is 8. The molecule has 3 saturated heterocycles. The third-order valence-electron chi connectivity index (χ3n) is 5.32. The first kappa shape index (κ1) is 21.0. The molecule has 3 aliphatic heterocycles.